The highest BCUT2D eigenvalue weighted by Gasteiger charge is 2.12. The van der Waals surface area contributed by atoms with Gasteiger partial charge in [0.1, 0.15) is 12.0 Å². The molecule has 102 valence electrons. The summed E-state index contributed by atoms with van der Waals surface area (Å²) in [6.07, 6.45) is 0.790. The number of hydrogen-bond donors (Lipinski definition) is 3. The lowest BCUT2D eigenvalue weighted by molar-refractivity contribution is 0.0407. The molecule has 1 atom stereocenters. The summed E-state index contributed by atoms with van der Waals surface area (Å²) in [7, 11) is 3.37. The van der Waals surface area contributed by atoms with E-state index >= 15 is 0 Å². The van der Waals surface area contributed by atoms with E-state index in [2.05, 4.69) is 0 Å². The van der Waals surface area contributed by atoms with E-state index in [4.69, 9.17) is 15.0 Å². The van der Waals surface area contributed by atoms with Crippen LogP contribution in [0.5, 0.6) is 0 Å². The molecular formula is C11H19N3O4. The Morgan fingerprint density at radius 3 is 3.06 bits per heavy atom. The zero-order valence-corrected chi connectivity index (χ0v) is 10.5. The molecule has 0 aliphatic rings. The highest BCUT2D eigenvalue weighted by Crippen LogP contribution is 2.10. The van der Waals surface area contributed by atoms with E-state index < -0.39 is 12.0 Å². The molecule has 1 aromatic heterocycles. The summed E-state index contributed by atoms with van der Waals surface area (Å²) in [4.78, 5) is 13.1. The molecule has 0 saturated heterocycles. The molecule has 0 aliphatic heterocycles. The number of nitrogens with two attached hydrogens (primary N) is 1. The van der Waals surface area contributed by atoms with Crippen molar-refractivity contribution in [2.45, 2.75) is 12.6 Å². The zero-order valence-electron chi connectivity index (χ0n) is 10.5. The smallest absolute Gasteiger partial charge is 0.268 e. The zero-order chi connectivity index (χ0) is 13.5. The third kappa shape index (κ3) is 4.46. The average Bonchev–Trinajstić information content (AvgIpc) is 2.76. The van der Waals surface area contributed by atoms with Crippen LogP contribution in [-0.4, -0.2) is 49.3 Å². The fourth-order valence-corrected chi connectivity index (χ4v) is 1.60. The second-order valence-electron chi connectivity index (χ2n) is 4.08. The van der Waals surface area contributed by atoms with Gasteiger partial charge < -0.3 is 14.3 Å². The summed E-state index contributed by atoms with van der Waals surface area (Å²) in [5, 5.41) is 9.55. The molecule has 0 aliphatic carbocycles. The largest absolute Gasteiger partial charge is 0.467 e. The number of methoxy groups -OCH3 is 1. The predicted octanol–water partition coefficient (Wildman–Crippen LogP) is -0.678. The van der Waals surface area contributed by atoms with Gasteiger partial charge in [-0.1, -0.05) is 0 Å². The minimum Gasteiger partial charge on any atom is -0.467 e. The number of likely N-dealkylation sites (N-methyl/N-ethyl adjacent to an activating group) is 1. The molecule has 7 heteroatoms. The molecule has 0 saturated carbocycles. The van der Waals surface area contributed by atoms with Gasteiger partial charge in [0, 0.05) is 13.7 Å². The van der Waals surface area contributed by atoms with Crippen LogP contribution in [0.1, 0.15) is 16.1 Å². The maximum absolute atomic E-state index is 11.2. The molecule has 1 rings (SSSR count). The number of hydrogen-bond acceptors (Lipinski definition) is 6. The summed E-state index contributed by atoms with van der Waals surface area (Å²) in [5.74, 6) is 5.24. The molecule has 18 heavy (non-hydrogen) atoms. The number of carbonyl (C=O) groups excluding carboxylic acids is 1. The van der Waals surface area contributed by atoms with Gasteiger partial charge in [-0.2, -0.15) is 0 Å². The Balaban J connectivity index is 2.46. The van der Waals surface area contributed by atoms with Crippen molar-refractivity contribution in [1.29, 1.82) is 0 Å². The number of aliphatic hydroxyl groups excluding tert-OH is 1. The van der Waals surface area contributed by atoms with Crippen molar-refractivity contribution in [3.63, 3.8) is 0 Å². The fourth-order valence-electron chi connectivity index (χ4n) is 1.60. The maximum Gasteiger partial charge on any atom is 0.268 e. The predicted molar refractivity (Wildman–Crippen MR) is 64.6 cm³/mol. The van der Waals surface area contributed by atoms with E-state index in [1.165, 1.54) is 13.4 Å². The van der Waals surface area contributed by atoms with Crippen molar-refractivity contribution in [1.82, 2.24) is 10.3 Å². The van der Waals surface area contributed by atoms with Crippen molar-refractivity contribution in [3.05, 3.63) is 23.7 Å². The van der Waals surface area contributed by atoms with Gasteiger partial charge in [0.2, 0.25) is 0 Å². The summed E-state index contributed by atoms with van der Waals surface area (Å²) < 4.78 is 10.1. The standard InChI is InChI=1S/C11H19N3O4/c1-14(4-9(15)7-17-2)5-10-3-8(6-18-10)11(16)13-12/h3,6,9,15H,4-5,7,12H2,1-2H3,(H,13,16). The highest BCUT2D eigenvalue weighted by molar-refractivity contribution is 5.93. The number of ether oxygens (including phenoxy) is 1. The number of aliphatic hydroxyl groups is 1. The van der Waals surface area contributed by atoms with Crippen LogP contribution in [0.2, 0.25) is 0 Å². The first-order chi connectivity index (χ1) is 8.56. The van der Waals surface area contributed by atoms with Gasteiger partial charge in [-0.25, -0.2) is 5.84 Å². The van der Waals surface area contributed by atoms with E-state index in [-0.39, 0.29) is 6.61 Å². The Kier molecular flexibility index (Phi) is 5.79. The Morgan fingerprint density at radius 2 is 2.44 bits per heavy atom. The van der Waals surface area contributed by atoms with Crippen LogP contribution in [0.4, 0.5) is 0 Å². The van der Waals surface area contributed by atoms with Crippen molar-refractivity contribution in [3.8, 4) is 0 Å². The van der Waals surface area contributed by atoms with Gasteiger partial charge in [0.15, 0.2) is 0 Å². The lowest BCUT2D eigenvalue weighted by Gasteiger charge is -2.18. The quantitative estimate of drug-likeness (QED) is 0.340. The van der Waals surface area contributed by atoms with Gasteiger partial charge in [0.05, 0.1) is 24.8 Å². The monoisotopic (exact) mass is 257 g/mol. The molecule has 0 spiro atoms. The molecule has 1 unspecified atom stereocenters. The molecule has 0 fully saturated rings. The molecule has 1 heterocycles. The fraction of sp³-hybridized carbons (Fsp3) is 0.545. The van der Waals surface area contributed by atoms with Crippen LogP contribution in [0.15, 0.2) is 16.7 Å². The first-order valence-electron chi connectivity index (χ1n) is 5.50. The number of hydrazine groups is 1. The molecule has 0 aromatic carbocycles. The van der Waals surface area contributed by atoms with Gasteiger partial charge in [-0.3, -0.25) is 15.1 Å². The summed E-state index contributed by atoms with van der Waals surface area (Å²) in [5.41, 5.74) is 2.40. The molecule has 1 aromatic rings. The van der Waals surface area contributed by atoms with Crippen molar-refractivity contribution in [2.24, 2.45) is 5.84 Å². The minimum absolute atomic E-state index is 0.281. The third-order valence-electron chi connectivity index (χ3n) is 2.35. The Hall–Kier alpha value is -1.41. The first kappa shape index (κ1) is 14.7. The molecule has 7 nitrogen and oxygen atoms in total. The average molecular weight is 257 g/mol. The number of nitrogens with one attached hydrogen (secondary N) is 1. The minimum atomic E-state index is -0.554. The lowest BCUT2D eigenvalue weighted by Crippen LogP contribution is -2.31. The Labute approximate surface area is 105 Å². The molecule has 1 amide bonds. The maximum atomic E-state index is 11.2. The van der Waals surface area contributed by atoms with Crippen molar-refractivity contribution in [2.75, 3.05) is 27.3 Å². The Morgan fingerprint density at radius 1 is 1.72 bits per heavy atom. The molecule has 0 bridgehead atoms. The normalized spacial score (nSPS) is 12.7. The molecule has 4 N–H and O–H groups in total. The van der Waals surface area contributed by atoms with Gasteiger partial charge in [-0.15, -0.1) is 0 Å². The number of amides is 1. The van der Waals surface area contributed by atoms with E-state index in [9.17, 15) is 9.90 Å². The van der Waals surface area contributed by atoms with E-state index in [0.29, 0.717) is 24.4 Å². The highest BCUT2D eigenvalue weighted by atomic mass is 16.5. The van der Waals surface area contributed by atoms with Gasteiger partial charge >= 0.3 is 0 Å². The number of rotatable bonds is 7. The summed E-state index contributed by atoms with van der Waals surface area (Å²) >= 11 is 0. The number of nitrogens with zero attached hydrogens (tertiary/aromatic N) is 1. The Bertz CT molecular complexity index is 380. The van der Waals surface area contributed by atoms with E-state index in [1.807, 2.05) is 17.4 Å². The van der Waals surface area contributed by atoms with Crippen LogP contribution in [-0.2, 0) is 11.3 Å². The number of furan rings is 1. The van der Waals surface area contributed by atoms with Crippen LogP contribution >= 0.6 is 0 Å². The number of carbonyl (C=O) groups is 1. The lowest BCUT2D eigenvalue weighted by atomic mass is 10.3. The van der Waals surface area contributed by atoms with Crippen LogP contribution in [0.25, 0.3) is 0 Å². The van der Waals surface area contributed by atoms with Crippen molar-refractivity contribution >= 4 is 5.91 Å². The van der Waals surface area contributed by atoms with Crippen LogP contribution in [0, 0.1) is 0 Å². The molecular weight excluding hydrogens is 238 g/mol. The summed E-state index contributed by atoms with van der Waals surface area (Å²) in [6, 6.07) is 1.61. The first-order valence-corrected chi connectivity index (χ1v) is 5.50. The van der Waals surface area contributed by atoms with Gasteiger partial charge in [-0.05, 0) is 13.1 Å². The van der Waals surface area contributed by atoms with Gasteiger partial charge in [0.25, 0.3) is 5.91 Å². The number of nitrogen functional groups attached to an aromatic ring is 1. The van der Waals surface area contributed by atoms with E-state index in [0.717, 1.165) is 0 Å². The topological polar surface area (TPSA) is 101 Å². The SMILES string of the molecule is COCC(O)CN(C)Cc1cc(C(=O)NN)co1. The second-order valence-corrected chi connectivity index (χ2v) is 4.08. The van der Waals surface area contributed by atoms with Crippen molar-refractivity contribution < 1.29 is 19.1 Å². The van der Waals surface area contributed by atoms with E-state index in [1.54, 1.807) is 6.07 Å². The molecule has 0 radical (unpaired) electrons. The van der Waals surface area contributed by atoms with Crippen LogP contribution < -0.4 is 11.3 Å². The second kappa shape index (κ2) is 7.12. The third-order valence-corrected chi connectivity index (χ3v) is 2.35. The van der Waals surface area contributed by atoms with Crippen LogP contribution in [0.3, 0.4) is 0 Å². The summed E-state index contributed by atoms with van der Waals surface area (Å²) in [6.45, 7) is 1.22.